The summed E-state index contributed by atoms with van der Waals surface area (Å²) in [6, 6.07) is 0. The molecule has 0 spiro atoms. The van der Waals surface area contributed by atoms with E-state index in [0.717, 1.165) is 6.42 Å². The molecule has 0 aliphatic carbocycles. The monoisotopic (exact) mass is 248 g/mol. The first-order chi connectivity index (χ1) is 7.28. The number of hydrogen-bond donors (Lipinski definition) is 1. The molecule has 1 unspecified atom stereocenters. The molecule has 0 aromatic heterocycles. The number of sulfone groups is 1. The second-order valence-corrected chi connectivity index (χ2v) is 6.92. The van der Waals surface area contributed by atoms with Gasteiger partial charge in [-0.25, -0.2) is 8.42 Å². The minimum Gasteiger partial charge on any atom is -0.339 e. The van der Waals surface area contributed by atoms with Crippen LogP contribution >= 0.6 is 0 Å². The average molecular weight is 248 g/mol. The van der Waals surface area contributed by atoms with Gasteiger partial charge in [0.2, 0.25) is 5.91 Å². The Hall–Kier alpha value is -0.620. The molecule has 94 valence electrons. The van der Waals surface area contributed by atoms with Crippen LogP contribution in [-0.4, -0.2) is 49.4 Å². The smallest absolute Gasteiger partial charge is 0.242 e. The molecule has 1 aliphatic rings. The second kappa shape index (κ2) is 4.71. The summed E-state index contributed by atoms with van der Waals surface area (Å²) in [4.78, 5) is 13.6. The predicted octanol–water partition coefficient (Wildman–Crippen LogP) is -0.239. The van der Waals surface area contributed by atoms with Gasteiger partial charge in [-0.1, -0.05) is 13.3 Å². The van der Waals surface area contributed by atoms with E-state index < -0.39 is 15.4 Å². The number of amides is 1. The maximum Gasteiger partial charge on any atom is 0.242 e. The molecule has 0 radical (unpaired) electrons. The predicted molar refractivity (Wildman–Crippen MR) is 62.7 cm³/mol. The lowest BCUT2D eigenvalue weighted by molar-refractivity contribution is -0.136. The van der Waals surface area contributed by atoms with Gasteiger partial charge in [0.05, 0.1) is 17.0 Å². The molecular weight excluding hydrogens is 228 g/mol. The Labute approximate surface area is 96.9 Å². The number of carbonyl (C=O) groups excluding carboxylic acids is 1. The van der Waals surface area contributed by atoms with Crippen LogP contribution in [0.5, 0.6) is 0 Å². The van der Waals surface area contributed by atoms with Crippen LogP contribution in [0.3, 0.4) is 0 Å². The Kier molecular flexibility index (Phi) is 3.96. The van der Waals surface area contributed by atoms with Gasteiger partial charge in [0.25, 0.3) is 0 Å². The van der Waals surface area contributed by atoms with Crippen molar-refractivity contribution in [3.63, 3.8) is 0 Å². The lowest BCUT2D eigenvalue weighted by Gasteiger charge is -2.33. The summed E-state index contributed by atoms with van der Waals surface area (Å²) in [5.74, 6) is -0.0220. The van der Waals surface area contributed by atoms with E-state index in [0.29, 0.717) is 6.42 Å². The van der Waals surface area contributed by atoms with E-state index >= 15 is 0 Å². The number of nitrogens with zero attached hydrogens (tertiary/aromatic N) is 1. The summed E-state index contributed by atoms with van der Waals surface area (Å²) >= 11 is 0. The normalized spacial score (nSPS) is 23.8. The Morgan fingerprint density at radius 3 is 2.31 bits per heavy atom. The molecular formula is C10H20N2O3S. The van der Waals surface area contributed by atoms with E-state index in [1.807, 2.05) is 6.92 Å². The fourth-order valence-electron chi connectivity index (χ4n) is 1.90. The van der Waals surface area contributed by atoms with Crippen LogP contribution in [0.15, 0.2) is 0 Å². The minimum absolute atomic E-state index is 0.0565. The molecule has 5 nitrogen and oxygen atoms in total. The van der Waals surface area contributed by atoms with Crippen molar-refractivity contribution in [2.45, 2.75) is 32.2 Å². The van der Waals surface area contributed by atoms with Gasteiger partial charge in [-0.2, -0.15) is 0 Å². The Morgan fingerprint density at radius 1 is 1.38 bits per heavy atom. The molecule has 1 aliphatic heterocycles. The maximum absolute atomic E-state index is 12.0. The summed E-state index contributed by atoms with van der Waals surface area (Å²) in [6.45, 7) is 4.23. The SMILES string of the molecule is CCCC(C)(N)C(=O)N1CCS(=O)(=O)CC1. The zero-order chi connectivity index (χ0) is 12.4. The molecule has 2 N–H and O–H groups in total. The van der Waals surface area contributed by atoms with E-state index in [1.54, 1.807) is 11.8 Å². The van der Waals surface area contributed by atoms with Gasteiger partial charge >= 0.3 is 0 Å². The molecule has 0 aromatic carbocycles. The standard InChI is InChI=1S/C10H20N2O3S/c1-3-4-10(2,11)9(13)12-5-7-16(14,15)8-6-12/h3-8,11H2,1-2H3. The van der Waals surface area contributed by atoms with Gasteiger partial charge in [0, 0.05) is 13.1 Å². The van der Waals surface area contributed by atoms with E-state index in [-0.39, 0.29) is 30.5 Å². The van der Waals surface area contributed by atoms with Crippen molar-refractivity contribution in [2.75, 3.05) is 24.6 Å². The third-order valence-corrected chi connectivity index (χ3v) is 4.50. The van der Waals surface area contributed by atoms with Gasteiger partial charge in [-0.15, -0.1) is 0 Å². The van der Waals surface area contributed by atoms with Crippen molar-refractivity contribution in [3.05, 3.63) is 0 Å². The number of carbonyl (C=O) groups is 1. The third-order valence-electron chi connectivity index (χ3n) is 2.89. The number of rotatable bonds is 3. The van der Waals surface area contributed by atoms with Gasteiger partial charge in [0.1, 0.15) is 0 Å². The van der Waals surface area contributed by atoms with Crippen molar-refractivity contribution < 1.29 is 13.2 Å². The molecule has 1 fully saturated rings. The van der Waals surface area contributed by atoms with Gasteiger partial charge in [-0.3, -0.25) is 4.79 Å². The summed E-state index contributed by atoms with van der Waals surface area (Å²) in [7, 11) is -2.94. The molecule has 0 aromatic rings. The quantitative estimate of drug-likeness (QED) is 0.747. The lowest BCUT2D eigenvalue weighted by atomic mass is 9.96. The maximum atomic E-state index is 12.0. The van der Waals surface area contributed by atoms with E-state index in [2.05, 4.69) is 0 Å². The van der Waals surface area contributed by atoms with Crippen LogP contribution in [-0.2, 0) is 14.6 Å². The zero-order valence-corrected chi connectivity index (χ0v) is 10.7. The number of hydrogen-bond acceptors (Lipinski definition) is 4. The van der Waals surface area contributed by atoms with Crippen molar-refractivity contribution in [1.29, 1.82) is 0 Å². The van der Waals surface area contributed by atoms with Gasteiger partial charge in [0.15, 0.2) is 9.84 Å². The van der Waals surface area contributed by atoms with Gasteiger partial charge < -0.3 is 10.6 Å². The largest absolute Gasteiger partial charge is 0.339 e. The summed E-state index contributed by atoms with van der Waals surface area (Å²) < 4.78 is 22.4. The first kappa shape index (κ1) is 13.4. The molecule has 1 heterocycles. The van der Waals surface area contributed by atoms with Crippen molar-refractivity contribution in [3.8, 4) is 0 Å². The average Bonchev–Trinajstić information content (AvgIpc) is 2.16. The van der Waals surface area contributed by atoms with Gasteiger partial charge in [-0.05, 0) is 13.3 Å². The van der Waals surface area contributed by atoms with Crippen molar-refractivity contribution >= 4 is 15.7 Å². The van der Waals surface area contributed by atoms with E-state index in [4.69, 9.17) is 5.73 Å². The molecule has 1 rings (SSSR count). The Balaban J connectivity index is 2.63. The van der Waals surface area contributed by atoms with E-state index in [1.165, 1.54) is 0 Å². The highest BCUT2D eigenvalue weighted by molar-refractivity contribution is 7.91. The third kappa shape index (κ3) is 3.18. The van der Waals surface area contributed by atoms with Crippen LogP contribution in [0, 0.1) is 0 Å². The summed E-state index contributed by atoms with van der Waals surface area (Å²) in [5.41, 5.74) is 5.06. The van der Waals surface area contributed by atoms with Crippen LogP contribution < -0.4 is 5.73 Å². The molecule has 1 atom stereocenters. The van der Waals surface area contributed by atoms with E-state index in [9.17, 15) is 13.2 Å². The highest BCUT2D eigenvalue weighted by Crippen LogP contribution is 2.15. The molecule has 0 saturated carbocycles. The fourth-order valence-corrected chi connectivity index (χ4v) is 3.10. The lowest BCUT2D eigenvalue weighted by Crippen LogP contribution is -2.56. The minimum atomic E-state index is -2.94. The molecule has 6 heteroatoms. The van der Waals surface area contributed by atoms with Crippen LogP contribution in [0.4, 0.5) is 0 Å². The topological polar surface area (TPSA) is 80.5 Å². The van der Waals surface area contributed by atoms with Crippen LogP contribution in [0.1, 0.15) is 26.7 Å². The first-order valence-electron chi connectivity index (χ1n) is 5.57. The first-order valence-corrected chi connectivity index (χ1v) is 7.39. The van der Waals surface area contributed by atoms with Crippen LogP contribution in [0.25, 0.3) is 0 Å². The van der Waals surface area contributed by atoms with Crippen molar-refractivity contribution in [1.82, 2.24) is 4.90 Å². The zero-order valence-electron chi connectivity index (χ0n) is 9.90. The fraction of sp³-hybridized carbons (Fsp3) is 0.900. The second-order valence-electron chi connectivity index (χ2n) is 4.61. The molecule has 16 heavy (non-hydrogen) atoms. The summed E-state index contributed by atoms with van der Waals surface area (Å²) in [5, 5.41) is 0. The highest BCUT2D eigenvalue weighted by Gasteiger charge is 2.34. The summed E-state index contributed by atoms with van der Waals surface area (Å²) in [6.07, 6.45) is 1.46. The molecule has 1 saturated heterocycles. The molecule has 0 bridgehead atoms. The number of nitrogens with two attached hydrogens (primary N) is 1. The molecule has 1 amide bonds. The Bertz CT molecular complexity index is 348. The van der Waals surface area contributed by atoms with Crippen molar-refractivity contribution in [2.24, 2.45) is 5.73 Å². The Morgan fingerprint density at radius 2 is 1.88 bits per heavy atom. The van der Waals surface area contributed by atoms with Crippen LogP contribution in [0.2, 0.25) is 0 Å². The highest BCUT2D eigenvalue weighted by atomic mass is 32.2.